The summed E-state index contributed by atoms with van der Waals surface area (Å²) in [4.78, 5) is 2.46. The van der Waals surface area contributed by atoms with Crippen molar-refractivity contribution in [3.05, 3.63) is 29.8 Å². The molecule has 1 aromatic carbocycles. The highest BCUT2D eigenvalue weighted by Gasteiger charge is 2.20. The number of hydrogen-bond acceptors (Lipinski definition) is 4. The molecule has 1 aliphatic rings. The van der Waals surface area contributed by atoms with Crippen LogP contribution in [0.15, 0.2) is 29.2 Å². The normalized spacial score (nSPS) is 18.1. The Balaban J connectivity index is 1.99. The monoisotopic (exact) mass is 307 g/mol. The van der Waals surface area contributed by atoms with Crippen LogP contribution < -0.4 is 4.72 Å². The molecular weight excluding hydrogens is 286 g/mol. The second kappa shape index (κ2) is 7.03. The van der Waals surface area contributed by atoms with E-state index in [1.165, 1.54) is 31.4 Å². The van der Waals surface area contributed by atoms with Crippen LogP contribution in [-0.4, -0.2) is 39.0 Å². The van der Waals surface area contributed by atoms with Gasteiger partial charge in [-0.15, -0.1) is 0 Å². The van der Waals surface area contributed by atoms with Gasteiger partial charge < -0.3 is 0 Å². The van der Waals surface area contributed by atoms with E-state index in [1.807, 2.05) is 13.0 Å². The number of benzene rings is 1. The van der Waals surface area contributed by atoms with Gasteiger partial charge in [0.25, 0.3) is 0 Å². The standard InChI is InChI=1S/C15H21N3O2S/c1-13(18-8-3-2-4-9-18)12-17-21(19,20)15-7-5-6-14(10-15)11-16/h5-7,10,13,17H,2-4,8-9,12H2,1H3. The molecular formula is C15H21N3O2S. The van der Waals surface area contributed by atoms with Crippen LogP contribution in [0.5, 0.6) is 0 Å². The summed E-state index contributed by atoms with van der Waals surface area (Å²) in [5, 5.41) is 8.84. The van der Waals surface area contributed by atoms with Crippen LogP contribution in [0.1, 0.15) is 31.7 Å². The number of hydrogen-bond donors (Lipinski definition) is 1. The molecule has 1 heterocycles. The molecule has 114 valence electrons. The van der Waals surface area contributed by atoms with Gasteiger partial charge in [0, 0.05) is 12.6 Å². The van der Waals surface area contributed by atoms with Crippen LogP contribution in [0.25, 0.3) is 0 Å². The lowest BCUT2D eigenvalue weighted by molar-refractivity contribution is 0.175. The maximum atomic E-state index is 12.2. The minimum absolute atomic E-state index is 0.146. The van der Waals surface area contributed by atoms with E-state index in [0.717, 1.165) is 13.1 Å². The fraction of sp³-hybridized carbons (Fsp3) is 0.533. The smallest absolute Gasteiger partial charge is 0.240 e. The number of piperidine rings is 1. The molecule has 1 aliphatic heterocycles. The molecule has 1 unspecified atom stereocenters. The van der Waals surface area contributed by atoms with Gasteiger partial charge in [0.15, 0.2) is 0 Å². The maximum absolute atomic E-state index is 12.2. The third-order valence-electron chi connectivity index (χ3n) is 3.86. The first-order valence-electron chi connectivity index (χ1n) is 7.27. The molecule has 5 nitrogen and oxygen atoms in total. The lowest BCUT2D eigenvalue weighted by atomic mass is 10.1. The average Bonchev–Trinajstić information content (AvgIpc) is 2.53. The molecule has 0 aromatic heterocycles. The first-order valence-corrected chi connectivity index (χ1v) is 8.75. The topological polar surface area (TPSA) is 73.2 Å². The molecule has 1 atom stereocenters. The van der Waals surface area contributed by atoms with Crippen molar-refractivity contribution in [2.75, 3.05) is 19.6 Å². The van der Waals surface area contributed by atoms with Crippen molar-refractivity contribution in [3.63, 3.8) is 0 Å². The van der Waals surface area contributed by atoms with Gasteiger partial charge in [-0.05, 0) is 51.1 Å². The van der Waals surface area contributed by atoms with E-state index in [9.17, 15) is 8.42 Å². The van der Waals surface area contributed by atoms with Crippen LogP contribution in [0.4, 0.5) is 0 Å². The van der Waals surface area contributed by atoms with Crippen molar-refractivity contribution in [3.8, 4) is 6.07 Å². The van der Waals surface area contributed by atoms with Crippen molar-refractivity contribution < 1.29 is 8.42 Å². The summed E-state index contributed by atoms with van der Waals surface area (Å²) >= 11 is 0. The predicted octanol–water partition coefficient (Wildman–Crippen LogP) is 1.71. The van der Waals surface area contributed by atoms with Crippen LogP contribution in [0.3, 0.4) is 0 Å². The summed E-state index contributed by atoms with van der Waals surface area (Å²) in [5.41, 5.74) is 0.349. The Kier molecular flexibility index (Phi) is 5.34. The number of likely N-dealkylation sites (tertiary alicyclic amines) is 1. The second-order valence-corrected chi connectivity index (χ2v) is 7.20. The molecule has 0 radical (unpaired) electrons. The van der Waals surface area contributed by atoms with E-state index in [4.69, 9.17) is 5.26 Å². The fourth-order valence-corrected chi connectivity index (χ4v) is 3.70. The molecule has 1 N–H and O–H groups in total. The van der Waals surface area contributed by atoms with Crippen molar-refractivity contribution in [1.29, 1.82) is 5.26 Å². The minimum atomic E-state index is -3.55. The predicted molar refractivity (Wildman–Crippen MR) is 81.2 cm³/mol. The van der Waals surface area contributed by atoms with Gasteiger partial charge >= 0.3 is 0 Å². The molecule has 1 fully saturated rings. The van der Waals surface area contributed by atoms with Crippen LogP contribution in [0, 0.1) is 11.3 Å². The van der Waals surface area contributed by atoms with Crippen molar-refractivity contribution in [2.24, 2.45) is 0 Å². The fourth-order valence-electron chi connectivity index (χ4n) is 2.53. The zero-order valence-corrected chi connectivity index (χ0v) is 13.1. The van der Waals surface area contributed by atoms with E-state index >= 15 is 0 Å². The van der Waals surface area contributed by atoms with Gasteiger partial charge in [-0.2, -0.15) is 5.26 Å². The van der Waals surface area contributed by atoms with Gasteiger partial charge in [0.2, 0.25) is 10.0 Å². The Morgan fingerprint density at radius 2 is 2.05 bits per heavy atom. The van der Waals surface area contributed by atoms with E-state index < -0.39 is 10.0 Å². The first kappa shape index (κ1) is 16.0. The van der Waals surface area contributed by atoms with Gasteiger partial charge in [0.05, 0.1) is 16.5 Å². The van der Waals surface area contributed by atoms with E-state index in [-0.39, 0.29) is 10.9 Å². The zero-order chi connectivity index (χ0) is 15.3. The Bertz CT molecular complexity index is 616. The maximum Gasteiger partial charge on any atom is 0.240 e. The Morgan fingerprint density at radius 1 is 1.33 bits per heavy atom. The number of nitrogens with zero attached hydrogens (tertiary/aromatic N) is 2. The van der Waals surface area contributed by atoms with Gasteiger partial charge in [0.1, 0.15) is 0 Å². The summed E-state index contributed by atoms with van der Waals surface area (Å²) < 4.78 is 27.1. The van der Waals surface area contributed by atoms with E-state index in [0.29, 0.717) is 12.1 Å². The average molecular weight is 307 g/mol. The van der Waals surface area contributed by atoms with Crippen molar-refractivity contribution in [1.82, 2.24) is 9.62 Å². The van der Waals surface area contributed by atoms with Crippen molar-refractivity contribution in [2.45, 2.75) is 37.1 Å². The lowest BCUT2D eigenvalue weighted by Crippen LogP contribution is -2.44. The number of nitriles is 1. The minimum Gasteiger partial charge on any atom is -0.299 e. The highest BCUT2D eigenvalue weighted by Crippen LogP contribution is 2.13. The largest absolute Gasteiger partial charge is 0.299 e. The second-order valence-electron chi connectivity index (χ2n) is 5.44. The third kappa shape index (κ3) is 4.27. The Labute approximate surface area is 126 Å². The molecule has 0 saturated carbocycles. The molecule has 1 aromatic rings. The summed E-state index contributed by atoms with van der Waals surface area (Å²) in [7, 11) is -3.55. The van der Waals surface area contributed by atoms with Gasteiger partial charge in [-0.1, -0.05) is 12.5 Å². The van der Waals surface area contributed by atoms with Crippen LogP contribution >= 0.6 is 0 Å². The van der Waals surface area contributed by atoms with Crippen molar-refractivity contribution >= 4 is 10.0 Å². The molecule has 6 heteroatoms. The molecule has 0 aliphatic carbocycles. The van der Waals surface area contributed by atoms with Gasteiger partial charge in [-0.25, -0.2) is 13.1 Å². The number of nitrogens with one attached hydrogen (secondary N) is 1. The molecule has 0 amide bonds. The molecule has 21 heavy (non-hydrogen) atoms. The van der Waals surface area contributed by atoms with E-state index in [2.05, 4.69) is 9.62 Å². The summed E-state index contributed by atoms with van der Waals surface area (Å²) in [6, 6.07) is 8.22. The number of rotatable bonds is 5. The summed E-state index contributed by atoms with van der Waals surface area (Å²) in [5.74, 6) is 0. The molecule has 2 rings (SSSR count). The summed E-state index contributed by atoms with van der Waals surface area (Å²) in [6.07, 6.45) is 3.62. The zero-order valence-electron chi connectivity index (χ0n) is 12.2. The Morgan fingerprint density at radius 3 is 2.71 bits per heavy atom. The Hall–Kier alpha value is -1.42. The third-order valence-corrected chi connectivity index (χ3v) is 5.28. The molecule has 0 spiro atoms. The van der Waals surface area contributed by atoms with Gasteiger partial charge in [-0.3, -0.25) is 4.90 Å². The highest BCUT2D eigenvalue weighted by molar-refractivity contribution is 7.89. The lowest BCUT2D eigenvalue weighted by Gasteiger charge is -2.32. The number of sulfonamides is 1. The SMILES string of the molecule is CC(CNS(=O)(=O)c1cccc(C#N)c1)N1CCCCC1. The van der Waals surface area contributed by atoms with Crippen LogP contribution in [-0.2, 0) is 10.0 Å². The summed E-state index contributed by atoms with van der Waals surface area (Å²) in [6.45, 7) is 4.50. The molecule has 0 bridgehead atoms. The van der Waals surface area contributed by atoms with E-state index in [1.54, 1.807) is 12.1 Å². The molecule has 1 saturated heterocycles. The highest BCUT2D eigenvalue weighted by atomic mass is 32.2. The van der Waals surface area contributed by atoms with Crippen LogP contribution in [0.2, 0.25) is 0 Å². The quantitative estimate of drug-likeness (QED) is 0.899. The first-order chi connectivity index (χ1) is 10.0.